The number of hydrogen-bond acceptors (Lipinski definition) is 13. The number of epoxide rings is 4. The quantitative estimate of drug-likeness (QED) is 0.156. The topological polar surface area (TPSA) is 50.1 Å². The Morgan fingerprint density at radius 2 is 0.742 bits per heavy atom. The van der Waals surface area contributed by atoms with Gasteiger partial charge in [0.05, 0.1) is 0 Å². The fourth-order valence-corrected chi connectivity index (χ4v) is 11.5. The molecule has 4 saturated heterocycles. The summed E-state index contributed by atoms with van der Waals surface area (Å²) in [6.45, 7) is 8.49. The smallest absolute Gasteiger partial charge is 0.147 e. The van der Waals surface area contributed by atoms with Gasteiger partial charge in [-0.3, -0.25) is 0 Å². The van der Waals surface area contributed by atoms with Crippen LogP contribution in [-0.4, -0.2) is 75.0 Å². The van der Waals surface area contributed by atoms with Gasteiger partial charge in [-0.25, -0.2) is 0 Å². The highest BCUT2D eigenvalue weighted by atomic mass is 32.2. The van der Waals surface area contributed by atoms with E-state index in [1.165, 1.54) is 0 Å². The molecule has 0 aromatic rings. The van der Waals surface area contributed by atoms with Crippen LogP contribution < -0.4 is 0 Å². The van der Waals surface area contributed by atoms with E-state index in [0.29, 0.717) is 10.5 Å². The maximum absolute atomic E-state index is 5.67. The molecule has 0 aromatic carbocycles. The minimum Gasteiger partial charge on any atom is -0.343 e. The van der Waals surface area contributed by atoms with E-state index in [1.54, 1.807) is 0 Å². The summed E-state index contributed by atoms with van der Waals surface area (Å²) in [6, 6.07) is 0. The van der Waals surface area contributed by atoms with E-state index in [9.17, 15) is 0 Å². The maximum Gasteiger partial charge on any atom is 0.147 e. The van der Waals surface area contributed by atoms with Crippen LogP contribution in [0.1, 0.15) is 27.7 Å². The Balaban J connectivity index is 1.34. The van der Waals surface area contributed by atoms with Crippen LogP contribution in [0.25, 0.3) is 0 Å². The average molecular weight is 599 g/mol. The van der Waals surface area contributed by atoms with E-state index in [1.807, 2.05) is 47.0 Å². The van der Waals surface area contributed by atoms with Gasteiger partial charge in [-0.05, 0) is 27.7 Å². The summed E-state index contributed by atoms with van der Waals surface area (Å²) < 4.78 is 22.7. The van der Waals surface area contributed by atoms with Gasteiger partial charge in [-0.1, -0.05) is 0 Å². The van der Waals surface area contributed by atoms with Crippen molar-refractivity contribution >= 4 is 109 Å². The van der Waals surface area contributed by atoms with Gasteiger partial charge in [0.25, 0.3) is 0 Å². The van der Waals surface area contributed by atoms with Crippen LogP contribution in [0.15, 0.2) is 0 Å². The predicted octanol–water partition coefficient (Wildman–Crippen LogP) is 5.40. The van der Waals surface area contributed by atoms with Crippen LogP contribution in [-0.2, 0) is 18.9 Å². The lowest BCUT2D eigenvalue weighted by molar-refractivity contribution is 0.394. The van der Waals surface area contributed by atoms with Gasteiger partial charge in [0.15, 0.2) is 0 Å². The van der Waals surface area contributed by atoms with Gasteiger partial charge in [-0.15, -0.1) is 97.6 Å². The number of hydrogen-bond donors (Lipinski definition) is 4. The lowest BCUT2D eigenvalue weighted by atomic mass is 10.5. The van der Waals surface area contributed by atoms with Crippen molar-refractivity contribution in [3.63, 3.8) is 0 Å². The molecule has 4 nitrogen and oxygen atoms in total. The van der Waals surface area contributed by atoms with Gasteiger partial charge in [0.2, 0.25) is 0 Å². The highest BCUT2D eigenvalue weighted by Gasteiger charge is 2.54. The molecular formula is C18H30O4S9. The van der Waals surface area contributed by atoms with Crippen molar-refractivity contribution in [2.75, 3.05) is 23.0 Å². The summed E-state index contributed by atoms with van der Waals surface area (Å²) in [6.07, 6.45) is 0. The summed E-state index contributed by atoms with van der Waals surface area (Å²) in [5.74, 6) is 4.04. The molecule has 0 amide bonds. The molecule has 0 saturated carbocycles. The van der Waals surface area contributed by atoms with Crippen LogP contribution in [0.3, 0.4) is 0 Å². The van der Waals surface area contributed by atoms with E-state index >= 15 is 0 Å². The second-order valence-corrected chi connectivity index (χ2v) is 17.8. The molecule has 180 valence electrons. The first-order valence-electron chi connectivity index (χ1n) is 10.0. The molecule has 0 bridgehead atoms. The molecule has 4 fully saturated rings. The summed E-state index contributed by atoms with van der Waals surface area (Å²) in [4.78, 5) is -0.663. The number of thiol groups is 4. The molecule has 0 N–H and O–H groups in total. The Morgan fingerprint density at radius 3 is 0.903 bits per heavy atom. The standard InChI is InChI=1S/C18H30O4S9/c1-15(11(23)19-15)27-5-9(6-28-16(2)12(24)20-16)31-10(7-29-17(3)13(25)21-17)8-30-18(4)14(26)22-18/h9-14,23-26H,5-8H2,1-4H3. The molecule has 8 atom stereocenters. The SMILES string of the molecule is CC1(SCC(CSC2(C)OC2S)SC(CSC2(C)OC2S)CSC2(C)OC2S)OC1S. The number of thioether (sulfide) groups is 5. The molecule has 4 rings (SSSR count). The zero-order valence-electron chi connectivity index (χ0n) is 17.8. The van der Waals surface area contributed by atoms with E-state index < -0.39 is 0 Å². The van der Waals surface area contributed by atoms with Crippen LogP contribution >= 0.6 is 109 Å². The average Bonchev–Trinajstić information content (AvgIpc) is 3.65. The third-order valence-corrected chi connectivity index (χ3v) is 16.7. The molecule has 0 radical (unpaired) electrons. The van der Waals surface area contributed by atoms with E-state index in [0.717, 1.165) is 23.0 Å². The summed E-state index contributed by atoms with van der Waals surface area (Å²) in [5.41, 5.74) is 0.120. The predicted molar refractivity (Wildman–Crippen MR) is 154 cm³/mol. The van der Waals surface area contributed by atoms with Crippen molar-refractivity contribution < 1.29 is 18.9 Å². The van der Waals surface area contributed by atoms with Crippen molar-refractivity contribution in [2.45, 2.75) is 79.7 Å². The second-order valence-electron chi connectivity index (χ2n) is 8.57. The lowest BCUT2D eigenvalue weighted by Crippen LogP contribution is -2.24. The zero-order valence-corrected chi connectivity index (χ0v) is 25.4. The highest BCUT2D eigenvalue weighted by molar-refractivity contribution is 8.09. The number of ether oxygens (including phenoxy) is 4. The summed E-state index contributed by atoms with van der Waals surface area (Å²) in [7, 11) is 0. The largest absolute Gasteiger partial charge is 0.343 e. The highest BCUT2D eigenvalue weighted by Crippen LogP contribution is 2.54. The minimum atomic E-state index is -0.166. The molecule has 4 aliphatic heterocycles. The Bertz CT molecular complexity index is 572. The Morgan fingerprint density at radius 1 is 0.548 bits per heavy atom. The van der Waals surface area contributed by atoms with Crippen LogP contribution in [0.4, 0.5) is 0 Å². The molecule has 0 aliphatic carbocycles. The zero-order chi connectivity index (χ0) is 22.7. The first-order valence-corrected chi connectivity index (χ1v) is 17.0. The molecule has 0 aromatic heterocycles. The van der Waals surface area contributed by atoms with Gasteiger partial charge in [0.1, 0.15) is 41.5 Å². The van der Waals surface area contributed by atoms with E-state index in [2.05, 4.69) is 90.0 Å². The summed E-state index contributed by atoms with van der Waals surface area (Å²) in [5, 5.41) is 0.924. The van der Waals surface area contributed by atoms with E-state index in [4.69, 9.17) is 18.9 Å². The molecule has 0 spiro atoms. The van der Waals surface area contributed by atoms with Crippen molar-refractivity contribution in [1.29, 1.82) is 0 Å². The lowest BCUT2D eigenvalue weighted by Gasteiger charge is -2.25. The molecule has 31 heavy (non-hydrogen) atoms. The normalized spacial score (nSPS) is 49.5. The summed E-state index contributed by atoms with van der Waals surface area (Å²) >= 11 is 27.4. The second kappa shape index (κ2) is 10.0. The molecule has 4 aliphatic rings. The Labute approximate surface area is 229 Å². The van der Waals surface area contributed by atoms with Gasteiger partial charge in [0, 0.05) is 33.5 Å². The van der Waals surface area contributed by atoms with Gasteiger partial charge >= 0.3 is 0 Å². The fraction of sp³-hybridized carbons (Fsp3) is 1.00. The van der Waals surface area contributed by atoms with Crippen molar-refractivity contribution in [2.24, 2.45) is 0 Å². The maximum atomic E-state index is 5.67. The molecule has 13 heteroatoms. The van der Waals surface area contributed by atoms with Crippen LogP contribution in [0.2, 0.25) is 0 Å². The van der Waals surface area contributed by atoms with Gasteiger partial charge < -0.3 is 18.9 Å². The third-order valence-electron chi connectivity index (χ3n) is 5.56. The molecule has 4 heterocycles. The first kappa shape index (κ1) is 27.0. The van der Waals surface area contributed by atoms with Crippen LogP contribution in [0.5, 0.6) is 0 Å². The molecular weight excluding hydrogens is 569 g/mol. The van der Waals surface area contributed by atoms with Crippen molar-refractivity contribution in [3.05, 3.63) is 0 Å². The van der Waals surface area contributed by atoms with Crippen molar-refractivity contribution in [1.82, 2.24) is 0 Å². The van der Waals surface area contributed by atoms with E-state index in [-0.39, 0.29) is 41.5 Å². The third kappa shape index (κ3) is 7.06. The monoisotopic (exact) mass is 598 g/mol. The molecule has 8 unspecified atom stereocenters. The van der Waals surface area contributed by atoms with Crippen molar-refractivity contribution in [3.8, 4) is 0 Å². The first-order chi connectivity index (χ1) is 14.4. The minimum absolute atomic E-state index is 0.0300. The fourth-order valence-electron chi connectivity index (χ4n) is 2.73. The Hall–Kier alpha value is 2.99. The number of rotatable bonds is 14. The van der Waals surface area contributed by atoms with Crippen LogP contribution in [0, 0.1) is 0 Å². The Kier molecular flexibility index (Phi) is 8.76. The van der Waals surface area contributed by atoms with Gasteiger partial charge in [-0.2, -0.15) is 11.8 Å².